The maximum atomic E-state index is 14.0. The van der Waals surface area contributed by atoms with Crippen molar-refractivity contribution in [3.8, 4) is 10.6 Å². The molecule has 0 aliphatic rings. The third-order valence-corrected chi connectivity index (χ3v) is 5.73. The Morgan fingerprint density at radius 2 is 1.79 bits per heavy atom. The van der Waals surface area contributed by atoms with Gasteiger partial charge in [-0.25, -0.2) is 22.2 Å². The van der Waals surface area contributed by atoms with Crippen molar-refractivity contribution in [2.45, 2.75) is 12.6 Å². The van der Waals surface area contributed by atoms with Crippen LogP contribution in [-0.2, 0) is 22.6 Å². The molecular weight excluding hydrogens is 489 g/mol. The summed E-state index contributed by atoms with van der Waals surface area (Å²) in [6.45, 7) is -0.0208. The normalized spacial score (nSPS) is 11.9. The van der Waals surface area contributed by atoms with Gasteiger partial charge in [-0.2, -0.15) is 13.2 Å². The van der Waals surface area contributed by atoms with Gasteiger partial charge in [0.25, 0.3) is 5.91 Å². The molecule has 33 heavy (non-hydrogen) atoms. The number of sulfonamides is 1. The molecule has 0 saturated carbocycles. The zero-order valence-electron chi connectivity index (χ0n) is 16.8. The van der Waals surface area contributed by atoms with E-state index in [0.717, 1.165) is 41.9 Å². The van der Waals surface area contributed by atoms with Gasteiger partial charge in [-0.3, -0.25) is 9.52 Å². The van der Waals surface area contributed by atoms with Gasteiger partial charge in [-0.1, -0.05) is 12.1 Å². The van der Waals surface area contributed by atoms with Crippen molar-refractivity contribution >= 4 is 33.0 Å². The number of hydrogen-bond acceptors (Lipinski definition) is 5. The van der Waals surface area contributed by atoms with Crippen molar-refractivity contribution in [2.75, 3.05) is 17.5 Å². The molecule has 13 heteroatoms. The zero-order chi connectivity index (χ0) is 24.4. The number of alkyl halides is 3. The van der Waals surface area contributed by atoms with Gasteiger partial charge in [0, 0.05) is 17.5 Å². The van der Waals surface area contributed by atoms with E-state index in [9.17, 15) is 35.2 Å². The SMILES string of the molecule is CS(=O)(=O)Nc1c(F)cc(CCNC(=O)c2csc(-c3cccc(C(F)(F)F)c3)n2)cc1F. The van der Waals surface area contributed by atoms with Gasteiger partial charge in [0.05, 0.1) is 11.8 Å². The Balaban J connectivity index is 1.63. The number of anilines is 1. The second-order valence-electron chi connectivity index (χ2n) is 6.93. The van der Waals surface area contributed by atoms with Crippen LogP contribution < -0.4 is 10.0 Å². The van der Waals surface area contributed by atoms with Crippen LogP contribution in [0, 0.1) is 11.6 Å². The standard InChI is InChI=1S/C20H16F5N3O3S2/c1-33(30,31)28-17-14(21)7-11(8-15(17)22)5-6-26-18(29)16-10-32-19(27-16)12-3-2-4-13(9-12)20(23,24)25/h2-4,7-10,28H,5-6H2,1H3,(H,26,29). The predicted molar refractivity (Wildman–Crippen MR) is 113 cm³/mol. The minimum atomic E-state index is -4.51. The Labute approximate surface area is 189 Å². The Kier molecular flexibility index (Phi) is 7.03. The number of thiazole rings is 1. The molecule has 3 aromatic rings. The number of carbonyl (C=O) groups is 1. The van der Waals surface area contributed by atoms with Crippen molar-refractivity contribution in [2.24, 2.45) is 0 Å². The number of hydrogen-bond donors (Lipinski definition) is 2. The molecule has 1 amide bonds. The van der Waals surface area contributed by atoms with Crippen LogP contribution >= 0.6 is 11.3 Å². The van der Waals surface area contributed by atoms with E-state index in [-0.39, 0.29) is 34.8 Å². The van der Waals surface area contributed by atoms with Crippen molar-refractivity contribution in [1.29, 1.82) is 0 Å². The molecule has 0 aliphatic heterocycles. The van der Waals surface area contributed by atoms with E-state index in [1.165, 1.54) is 17.5 Å². The number of aromatic nitrogens is 1. The van der Waals surface area contributed by atoms with Gasteiger partial charge in [-0.15, -0.1) is 11.3 Å². The summed E-state index contributed by atoms with van der Waals surface area (Å²) in [7, 11) is -3.87. The van der Waals surface area contributed by atoms with E-state index in [2.05, 4.69) is 10.3 Å². The average molecular weight is 505 g/mol. The fraction of sp³-hybridized carbons (Fsp3) is 0.200. The lowest BCUT2D eigenvalue weighted by atomic mass is 10.1. The van der Waals surface area contributed by atoms with Gasteiger partial charge in [-0.05, 0) is 36.2 Å². The topological polar surface area (TPSA) is 88.2 Å². The Hall–Kier alpha value is -3.06. The Morgan fingerprint density at radius 3 is 2.39 bits per heavy atom. The summed E-state index contributed by atoms with van der Waals surface area (Å²) in [5, 5.41) is 4.12. The molecule has 1 heterocycles. The van der Waals surface area contributed by atoms with Gasteiger partial charge in [0.2, 0.25) is 10.0 Å². The van der Waals surface area contributed by atoms with E-state index < -0.39 is 45.0 Å². The van der Waals surface area contributed by atoms with Crippen LogP contribution in [0.15, 0.2) is 41.8 Å². The lowest BCUT2D eigenvalue weighted by Gasteiger charge is -2.09. The molecule has 0 unspecified atom stereocenters. The summed E-state index contributed by atoms with van der Waals surface area (Å²) in [6, 6.07) is 6.44. The predicted octanol–water partition coefficient (Wildman–Crippen LogP) is 4.45. The molecule has 0 spiro atoms. The first-order valence-electron chi connectivity index (χ1n) is 9.20. The fourth-order valence-corrected chi connectivity index (χ4v) is 4.17. The highest BCUT2D eigenvalue weighted by molar-refractivity contribution is 7.92. The molecule has 6 nitrogen and oxygen atoms in total. The van der Waals surface area contributed by atoms with Crippen molar-refractivity contribution in [3.63, 3.8) is 0 Å². The van der Waals surface area contributed by atoms with Gasteiger partial charge >= 0.3 is 6.18 Å². The molecule has 0 atom stereocenters. The summed E-state index contributed by atoms with van der Waals surface area (Å²) in [5.74, 6) is -2.82. The first kappa shape index (κ1) is 24.6. The minimum absolute atomic E-state index is 0.0162. The number of amides is 1. The van der Waals surface area contributed by atoms with Crippen molar-refractivity contribution < 1.29 is 35.2 Å². The molecular formula is C20H16F5N3O3S2. The third-order valence-electron chi connectivity index (χ3n) is 4.26. The average Bonchev–Trinajstić information content (AvgIpc) is 3.20. The molecule has 1 aromatic heterocycles. The lowest BCUT2D eigenvalue weighted by molar-refractivity contribution is -0.137. The number of benzene rings is 2. The molecule has 0 aliphatic carbocycles. The molecule has 0 fully saturated rings. The zero-order valence-corrected chi connectivity index (χ0v) is 18.5. The second-order valence-corrected chi connectivity index (χ2v) is 9.54. The molecule has 0 radical (unpaired) electrons. The summed E-state index contributed by atoms with van der Waals surface area (Å²) in [4.78, 5) is 16.3. The molecule has 0 bridgehead atoms. The Bertz CT molecular complexity index is 1270. The van der Waals surface area contributed by atoms with Gasteiger partial charge < -0.3 is 5.32 Å². The van der Waals surface area contributed by atoms with E-state index in [0.29, 0.717) is 0 Å². The largest absolute Gasteiger partial charge is 0.416 e. The van der Waals surface area contributed by atoms with Gasteiger partial charge in [0.15, 0.2) is 11.6 Å². The fourth-order valence-electron chi connectivity index (χ4n) is 2.80. The third kappa shape index (κ3) is 6.48. The van der Waals surface area contributed by atoms with Crippen LogP contribution in [0.1, 0.15) is 21.6 Å². The smallest absolute Gasteiger partial charge is 0.350 e. The van der Waals surface area contributed by atoms with Crippen LogP contribution in [0.2, 0.25) is 0 Å². The summed E-state index contributed by atoms with van der Waals surface area (Å²) in [6.07, 6.45) is -3.72. The number of rotatable bonds is 7. The van der Waals surface area contributed by atoms with Crippen LogP contribution in [0.25, 0.3) is 10.6 Å². The van der Waals surface area contributed by atoms with Crippen molar-refractivity contribution in [3.05, 3.63) is 70.2 Å². The number of halogens is 5. The molecule has 3 rings (SSSR count). The first-order chi connectivity index (χ1) is 15.3. The molecule has 2 aromatic carbocycles. The monoisotopic (exact) mass is 505 g/mol. The van der Waals surface area contributed by atoms with Crippen LogP contribution in [0.3, 0.4) is 0 Å². The second kappa shape index (κ2) is 9.43. The number of carbonyl (C=O) groups excluding carboxylic acids is 1. The lowest BCUT2D eigenvalue weighted by Crippen LogP contribution is -2.26. The summed E-state index contributed by atoms with van der Waals surface area (Å²) in [5.41, 5.74) is -1.26. The summed E-state index contributed by atoms with van der Waals surface area (Å²) < 4.78 is 90.8. The van der Waals surface area contributed by atoms with E-state index in [1.807, 2.05) is 0 Å². The van der Waals surface area contributed by atoms with Gasteiger partial charge in [0.1, 0.15) is 16.4 Å². The van der Waals surface area contributed by atoms with E-state index in [4.69, 9.17) is 0 Å². The number of nitrogens with zero attached hydrogens (tertiary/aromatic N) is 1. The van der Waals surface area contributed by atoms with Crippen LogP contribution in [0.5, 0.6) is 0 Å². The maximum absolute atomic E-state index is 14.0. The quantitative estimate of drug-likeness (QED) is 0.465. The molecule has 2 N–H and O–H groups in total. The highest BCUT2D eigenvalue weighted by atomic mass is 32.2. The minimum Gasteiger partial charge on any atom is -0.350 e. The number of nitrogens with one attached hydrogen (secondary N) is 2. The molecule has 0 saturated heterocycles. The van der Waals surface area contributed by atoms with E-state index in [1.54, 1.807) is 4.72 Å². The van der Waals surface area contributed by atoms with Crippen LogP contribution in [-0.4, -0.2) is 32.1 Å². The van der Waals surface area contributed by atoms with Crippen LogP contribution in [0.4, 0.5) is 27.6 Å². The summed E-state index contributed by atoms with van der Waals surface area (Å²) >= 11 is 0.996. The van der Waals surface area contributed by atoms with Crippen molar-refractivity contribution in [1.82, 2.24) is 10.3 Å². The maximum Gasteiger partial charge on any atom is 0.416 e. The Morgan fingerprint density at radius 1 is 1.12 bits per heavy atom. The molecule has 176 valence electrons. The highest BCUT2D eigenvalue weighted by Gasteiger charge is 2.30. The highest BCUT2D eigenvalue weighted by Crippen LogP contribution is 2.33. The van der Waals surface area contributed by atoms with E-state index >= 15 is 0 Å². The first-order valence-corrected chi connectivity index (χ1v) is 12.0.